The van der Waals surface area contributed by atoms with Crippen molar-refractivity contribution in [3.8, 4) is 11.5 Å². The summed E-state index contributed by atoms with van der Waals surface area (Å²) >= 11 is 6.38. The van der Waals surface area contributed by atoms with Gasteiger partial charge in [-0.1, -0.05) is 29.8 Å². The maximum atomic E-state index is 12.7. The Bertz CT molecular complexity index is 1240. The van der Waals surface area contributed by atoms with Crippen LogP contribution in [-0.4, -0.2) is 30.9 Å². The Labute approximate surface area is 188 Å². The van der Waals surface area contributed by atoms with E-state index in [1.807, 2.05) is 6.07 Å². The van der Waals surface area contributed by atoms with E-state index in [-0.39, 0.29) is 23.0 Å². The van der Waals surface area contributed by atoms with Gasteiger partial charge in [0.05, 0.1) is 28.3 Å². The Morgan fingerprint density at radius 3 is 2.28 bits per heavy atom. The van der Waals surface area contributed by atoms with Crippen molar-refractivity contribution >= 4 is 40.7 Å². The zero-order valence-electron chi connectivity index (χ0n) is 16.8. The number of amides is 3. The molecule has 1 N–H and O–H groups in total. The molecule has 0 saturated heterocycles. The van der Waals surface area contributed by atoms with E-state index in [9.17, 15) is 14.4 Å². The van der Waals surface area contributed by atoms with Crippen molar-refractivity contribution in [2.75, 3.05) is 23.4 Å². The Kier molecular flexibility index (Phi) is 5.03. The highest BCUT2D eigenvalue weighted by Gasteiger charge is 2.37. The summed E-state index contributed by atoms with van der Waals surface area (Å²) in [6, 6.07) is 16.7. The Morgan fingerprint density at radius 2 is 1.59 bits per heavy atom. The fourth-order valence-corrected chi connectivity index (χ4v) is 4.03. The Hall–Kier alpha value is -3.84. The first-order chi connectivity index (χ1) is 15.5. The molecule has 0 aromatic heterocycles. The average molecular weight is 449 g/mol. The number of carbonyl (C=O) groups is 3. The normalized spacial score (nSPS) is 14.3. The molecule has 3 amide bonds. The van der Waals surface area contributed by atoms with Gasteiger partial charge in [0.2, 0.25) is 5.91 Å². The van der Waals surface area contributed by atoms with E-state index in [1.54, 1.807) is 48.5 Å². The van der Waals surface area contributed by atoms with Crippen molar-refractivity contribution in [3.05, 3.63) is 82.4 Å². The quantitative estimate of drug-likeness (QED) is 0.607. The first kappa shape index (κ1) is 20.1. The molecule has 0 atom stereocenters. The van der Waals surface area contributed by atoms with Crippen LogP contribution >= 0.6 is 11.6 Å². The number of imide groups is 1. The molecule has 0 unspecified atom stereocenters. The predicted octanol–water partition coefficient (Wildman–Crippen LogP) is 4.09. The first-order valence-electron chi connectivity index (χ1n) is 9.97. The number of anilines is 2. The lowest BCUT2D eigenvalue weighted by Crippen LogP contribution is -2.29. The molecule has 5 rings (SSSR count). The van der Waals surface area contributed by atoms with E-state index < -0.39 is 11.8 Å². The number of fused-ring (bicyclic) bond motifs is 2. The largest absolute Gasteiger partial charge is 0.486 e. The molecule has 2 aliphatic heterocycles. The molecule has 0 bridgehead atoms. The van der Waals surface area contributed by atoms with Gasteiger partial charge in [-0.3, -0.25) is 14.4 Å². The number of halogens is 1. The minimum atomic E-state index is -0.428. The van der Waals surface area contributed by atoms with Gasteiger partial charge in [-0.15, -0.1) is 0 Å². The van der Waals surface area contributed by atoms with Gasteiger partial charge >= 0.3 is 0 Å². The minimum absolute atomic E-state index is 0.133. The molecule has 160 valence electrons. The zero-order chi connectivity index (χ0) is 22.2. The molecule has 0 spiro atoms. The van der Waals surface area contributed by atoms with Crippen molar-refractivity contribution in [1.82, 2.24) is 0 Å². The molecular formula is C24H17ClN2O5. The standard InChI is InChI=1S/C24H17ClN2O5/c25-18-13-15(26-22(28)12-14-5-8-20-21(11-14)32-10-9-31-20)6-7-19(18)27-23(29)16-3-1-2-4-17(16)24(27)30/h1-8,11,13H,9-10,12H2,(H,26,28). The highest BCUT2D eigenvalue weighted by molar-refractivity contribution is 6.40. The highest BCUT2D eigenvalue weighted by atomic mass is 35.5. The van der Waals surface area contributed by atoms with E-state index in [4.69, 9.17) is 21.1 Å². The van der Waals surface area contributed by atoms with E-state index >= 15 is 0 Å². The molecule has 8 heteroatoms. The topological polar surface area (TPSA) is 84.9 Å². The fraction of sp³-hybridized carbons (Fsp3) is 0.125. The third-order valence-electron chi connectivity index (χ3n) is 5.24. The monoisotopic (exact) mass is 448 g/mol. The van der Waals surface area contributed by atoms with Crippen LogP contribution in [-0.2, 0) is 11.2 Å². The second-order valence-corrected chi connectivity index (χ2v) is 7.77. The molecule has 7 nitrogen and oxygen atoms in total. The van der Waals surface area contributed by atoms with Crippen LogP contribution in [0.2, 0.25) is 5.02 Å². The van der Waals surface area contributed by atoms with Crippen molar-refractivity contribution in [1.29, 1.82) is 0 Å². The maximum absolute atomic E-state index is 12.7. The molecule has 32 heavy (non-hydrogen) atoms. The van der Waals surface area contributed by atoms with Gasteiger partial charge in [0.15, 0.2) is 11.5 Å². The molecule has 3 aromatic rings. The summed E-state index contributed by atoms with van der Waals surface area (Å²) in [5.41, 5.74) is 2.18. The zero-order valence-corrected chi connectivity index (χ0v) is 17.5. The molecule has 0 aliphatic carbocycles. The Morgan fingerprint density at radius 1 is 0.906 bits per heavy atom. The van der Waals surface area contributed by atoms with Crippen LogP contribution in [0.15, 0.2) is 60.7 Å². The minimum Gasteiger partial charge on any atom is -0.486 e. The average Bonchev–Trinajstić information content (AvgIpc) is 3.04. The van der Waals surface area contributed by atoms with E-state index in [0.717, 1.165) is 10.5 Å². The smallest absolute Gasteiger partial charge is 0.266 e. The first-order valence-corrected chi connectivity index (χ1v) is 10.3. The van der Waals surface area contributed by atoms with Gasteiger partial charge in [0.1, 0.15) is 13.2 Å². The fourth-order valence-electron chi connectivity index (χ4n) is 3.76. The summed E-state index contributed by atoms with van der Waals surface area (Å²) in [5, 5.41) is 2.96. The summed E-state index contributed by atoms with van der Waals surface area (Å²) in [5.74, 6) is 0.183. The van der Waals surface area contributed by atoms with Crippen molar-refractivity contribution < 1.29 is 23.9 Å². The number of nitrogens with zero attached hydrogens (tertiary/aromatic N) is 1. The second-order valence-electron chi connectivity index (χ2n) is 7.36. The van der Waals surface area contributed by atoms with Crippen molar-refractivity contribution in [2.24, 2.45) is 0 Å². The van der Waals surface area contributed by atoms with Crippen LogP contribution in [0.4, 0.5) is 11.4 Å². The summed E-state index contributed by atoms with van der Waals surface area (Å²) in [7, 11) is 0. The second kappa shape index (κ2) is 8.01. The SMILES string of the molecule is O=C(Cc1ccc2c(c1)OCCO2)Nc1ccc(N2C(=O)c3ccccc3C2=O)c(Cl)c1. The van der Waals surface area contributed by atoms with E-state index in [2.05, 4.69) is 5.32 Å². The summed E-state index contributed by atoms with van der Waals surface area (Å²) in [6.07, 6.45) is 0.133. The highest BCUT2D eigenvalue weighted by Crippen LogP contribution is 2.35. The number of benzene rings is 3. The van der Waals surface area contributed by atoms with Crippen LogP contribution in [0.5, 0.6) is 11.5 Å². The summed E-state index contributed by atoms with van der Waals surface area (Å²) in [6.45, 7) is 0.977. The lowest BCUT2D eigenvalue weighted by Gasteiger charge is -2.19. The van der Waals surface area contributed by atoms with Crippen molar-refractivity contribution in [2.45, 2.75) is 6.42 Å². The van der Waals surface area contributed by atoms with E-state index in [0.29, 0.717) is 41.5 Å². The van der Waals surface area contributed by atoms with Crippen LogP contribution in [0.1, 0.15) is 26.3 Å². The third kappa shape index (κ3) is 3.56. The molecule has 0 radical (unpaired) electrons. The lowest BCUT2D eigenvalue weighted by molar-refractivity contribution is -0.115. The molecule has 0 saturated carbocycles. The van der Waals surface area contributed by atoms with Crippen molar-refractivity contribution in [3.63, 3.8) is 0 Å². The maximum Gasteiger partial charge on any atom is 0.266 e. The molecule has 3 aromatic carbocycles. The summed E-state index contributed by atoms with van der Waals surface area (Å²) < 4.78 is 11.0. The third-order valence-corrected chi connectivity index (χ3v) is 5.54. The Balaban J connectivity index is 1.30. The predicted molar refractivity (Wildman–Crippen MR) is 119 cm³/mol. The van der Waals surface area contributed by atoms with Gasteiger partial charge in [0, 0.05) is 5.69 Å². The van der Waals surface area contributed by atoms with Crippen LogP contribution in [0.3, 0.4) is 0 Å². The van der Waals surface area contributed by atoms with Gasteiger partial charge in [-0.25, -0.2) is 4.90 Å². The van der Waals surface area contributed by atoms with Gasteiger partial charge in [-0.2, -0.15) is 0 Å². The number of hydrogen-bond acceptors (Lipinski definition) is 5. The van der Waals surface area contributed by atoms with E-state index in [1.165, 1.54) is 6.07 Å². The number of ether oxygens (including phenoxy) is 2. The molecule has 0 fully saturated rings. The molecular weight excluding hydrogens is 432 g/mol. The number of hydrogen-bond donors (Lipinski definition) is 1. The van der Waals surface area contributed by atoms with Gasteiger partial charge in [-0.05, 0) is 48.0 Å². The molecule has 2 aliphatic rings. The van der Waals surface area contributed by atoms with Crippen LogP contribution in [0, 0.1) is 0 Å². The number of carbonyl (C=O) groups excluding carboxylic acids is 3. The van der Waals surface area contributed by atoms with Gasteiger partial charge in [0.25, 0.3) is 11.8 Å². The van der Waals surface area contributed by atoms with Crippen LogP contribution < -0.4 is 19.7 Å². The summed E-state index contributed by atoms with van der Waals surface area (Å²) in [4.78, 5) is 38.9. The number of rotatable bonds is 4. The van der Waals surface area contributed by atoms with Gasteiger partial charge < -0.3 is 14.8 Å². The van der Waals surface area contributed by atoms with Crippen LogP contribution in [0.25, 0.3) is 0 Å². The lowest BCUT2D eigenvalue weighted by atomic mass is 10.1. The molecule has 2 heterocycles. The number of nitrogens with one attached hydrogen (secondary N) is 1.